The molecule has 3 aromatic rings. The van der Waals surface area contributed by atoms with Crippen molar-refractivity contribution in [2.45, 2.75) is 59.3 Å². The third kappa shape index (κ3) is 5.24. The second kappa shape index (κ2) is 10.2. The first-order valence-electron chi connectivity index (χ1n) is 14.1. The molecule has 0 radical (unpaired) electrons. The van der Waals surface area contributed by atoms with Crippen LogP contribution in [-0.4, -0.2) is 11.6 Å². The average Bonchev–Trinajstić information content (AvgIpc) is 2.89. The number of carbonyl (C=O) groups is 2. The molecule has 1 unspecified atom stereocenters. The van der Waals surface area contributed by atoms with E-state index in [1.165, 1.54) is 0 Å². The number of para-hydroxylation sites is 1. The third-order valence-electron chi connectivity index (χ3n) is 8.38. The molecule has 0 aromatic heterocycles. The molecule has 1 heterocycles. The van der Waals surface area contributed by atoms with Gasteiger partial charge < -0.3 is 10.2 Å². The average molecular weight is 586 g/mol. The number of carbonyl (C=O) groups excluding carboxylic acids is 2. The minimum Gasteiger partial charge on any atom is -0.359 e. The second-order valence-electron chi connectivity index (χ2n) is 13.1. The van der Waals surface area contributed by atoms with Gasteiger partial charge >= 0.3 is 0 Å². The van der Waals surface area contributed by atoms with Gasteiger partial charge in [-0.15, -0.1) is 0 Å². The lowest BCUT2D eigenvalue weighted by Gasteiger charge is -2.46. The molecule has 3 aromatic carbocycles. The van der Waals surface area contributed by atoms with Gasteiger partial charge in [0, 0.05) is 68.4 Å². The van der Waals surface area contributed by atoms with Crippen molar-refractivity contribution in [2.24, 2.45) is 10.8 Å². The van der Waals surface area contributed by atoms with Crippen molar-refractivity contribution < 1.29 is 9.59 Å². The van der Waals surface area contributed by atoms with Gasteiger partial charge in [-0.2, -0.15) is 0 Å². The quantitative estimate of drug-likeness (QED) is 0.331. The molecule has 4 nitrogen and oxygen atoms in total. The number of hydrogen-bond donors (Lipinski definition) is 1. The first-order chi connectivity index (χ1) is 19.4. The second-order valence-corrected chi connectivity index (χ2v) is 13.9. The molecule has 0 saturated carbocycles. The highest BCUT2D eigenvalue weighted by atomic mass is 35.5. The van der Waals surface area contributed by atoms with Crippen molar-refractivity contribution in [2.75, 3.05) is 10.2 Å². The van der Waals surface area contributed by atoms with Gasteiger partial charge in [0.15, 0.2) is 11.6 Å². The molecular formula is C35H34Cl2N2O2. The molecule has 2 aliphatic carbocycles. The lowest BCUT2D eigenvalue weighted by Crippen LogP contribution is -2.40. The number of ketones is 2. The maximum Gasteiger partial charge on any atom is 0.162 e. The Hall–Kier alpha value is -3.34. The van der Waals surface area contributed by atoms with Gasteiger partial charge in [-0.1, -0.05) is 69.1 Å². The van der Waals surface area contributed by atoms with E-state index in [2.05, 4.69) is 50.0 Å². The van der Waals surface area contributed by atoms with Gasteiger partial charge in [0.25, 0.3) is 0 Å². The topological polar surface area (TPSA) is 49.4 Å². The fourth-order valence-electron chi connectivity index (χ4n) is 6.74. The molecule has 1 aliphatic heterocycles. The van der Waals surface area contributed by atoms with Crippen molar-refractivity contribution in [3.8, 4) is 0 Å². The van der Waals surface area contributed by atoms with Crippen molar-refractivity contribution in [1.29, 1.82) is 0 Å². The lowest BCUT2D eigenvalue weighted by molar-refractivity contribution is -0.118. The molecule has 41 heavy (non-hydrogen) atoms. The summed E-state index contributed by atoms with van der Waals surface area (Å²) in [5, 5.41) is 4.89. The maximum atomic E-state index is 14.2. The lowest BCUT2D eigenvalue weighted by atomic mass is 9.64. The van der Waals surface area contributed by atoms with Crippen LogP contribution in [0.1, 0.15) is 64.9 Å². The van der Waals surface area contributed by atoms with Crippen LogP contribution in [-0.2, 0) is 9.59 Å². The summed E-state index contributed by atoms with van der Waals surface area (Å²) in [7, 11) is 0. The number of allylic oxidation sites excluding steroid dienone is 4. The molecule has 210 valence electrons. The molecule has 6 heteroatoms. The van der Waals surface area contributed by atoms with E-state index in [1.54, 1.807) is 0 Å². The molecule has 6 rings (SSSR count). The summed E-state index contributed by atoms with van der Waals surface area (Å²) in [4.78, 5) is 30.6. The first kappa shape index (κ1) is 27.8. The minimum atomic E-state index is -0.452. The standard InChI is InChI=1S/C35H34Cl2N2O2/c1-34(2)17-26(38-23-13-9-21(36)10-14-23)32(29(40)19-34)31-25-7-5-6-8-27(25)39(24-15-11-22(37)12-16-24)28-18-35(3,4)20-30(41)33(28)31/h5-16,31,38H,17-20H2,1-4H3. The third-order valence-corrected chi connectivity index (χ3v) is 8.88. The minimum absolute atomic E-state index is 0.0851. The number of benzene rings is 3. The highest BCUT2D eigenvalue weighted by Crippen LogP contribution is 2.56. The summed E-state index contributed by atoms with van der Waals surface area (Å²) in [5.41, 5.74) is 6.61. The molecule has 0 saturated heterocycles. The maximum absolute atomic E-state index is 14.2. The monoisotopic (exact) mass is 584 g/mol. The Balaban J connectivity index is 1.62. The molecule has 0 fully saturated rings. The van der Waals surface area contributed by atoms with Crippen LogP contribution in [0.15, 0.2) is 95.3 Å². The fraction of sp³-hybridized carbons (Fsp3) is 0.314. The van der Waals surface area contributed by atoms with Crippen molar-refractivity contribution in [3.63, 3.8) is 0 Å². The zero-order valence-corrected chi connectivity index (χ0v) is 25.4. The van der Waals surface area contributed by atoms with E-state index >= 15 is 0 Å². The Kier molecular flexibility index (Phi) is 6.91. The van der Waals surface area contributed by atoms with Crippen LogP contribution >= 0.6 is 23.2 Å². The van der Waals surface area contributed by atoms with Gasteiger partial charge in [-0.3, -0.25) is 9.59 Å². The van der Waals surface area contributed by atoms with E-state index in [9.17, 15) is 9.59 Å². The highest BCUT2D eigenvalue weighted by molar-refractivity contribution is 6.31. The number of anilines is 3. The van der Waals surface area contributed by atoms with Gasteiger partial charge in [-0.05, 0) is 83.8 Å². The highest BCUT2D eigenvalue weighted by Gasteiger charge is 2.47. The van der Waals surface area contributed by atoms with Gasteiger partial charge in [0.1, 0.15) is 0 Å². The van der Waals surface area contributed by atoms with E-state index in [0.717, 1.165) is 39.6 Å². The first-order valence-corrected chi connectivity index (χ1v) is 14.9. The molecule has 0 spiro atoms. The normalized spacial score (nSPS) is 21.5. The molecular weight excluding hydrogens is 551 g/mol. The smallest absolute Gasteiger partial charge is 0.162 e. The zero-order valence-electron chi connectivity index (χ0n) is 23.9. The summed E-state index contributed by atoms with van der Waals surface area (Å²) in [6.07, 6.45) is 2.27. The molecule has 0 bridgehead atoms. The molecule has 1 atom stereocenters. The number of nitrogens with one attached hydrogen (secondary N) is 1. The summed E-state index contributed by atoms with van der Waals surface area (Å²) >= 11 is 12.4. The predicted octanol–water partition coefficient (Wildman–Crippen LogP) is 9.63. The molecule has 0 amide bonds. The number of fused-ring (bicyclic) bond motifs is 1. The SMILES string of the molecule is CC1(C)CC(=O)C(C2C3=C(CC(C)(C)CC3=O)N(c3ccc(Cl)cc3)c3ccccc32)=C(Nc2ccc(Cl)cc2)C1. The Morgan fingerprint density at radius 1 is 0.707 bits per heavy atom. The van der Waals surface area contributed by atoms with Crippen LogP contribution < -0.4 is 10.2 Å². The molecule has 3 aliphatic rings. The predicted molar refractivity (Wildman–Crippen MR) is 168 cm³/mol. The summed E-state index contributed by atoms with van der Waals surface area (Å²) in [6.45, 7) is 8.54. The Morgan fingerprint density at radius 2 is 1.27 bits per heavy atom. The number of rotatable bonds is 4. The van der Waals surface area contributed by atoms with Crippen molar-refractivity contribution >= 4 is 51.8 Å². The Morgan fingerprint density at radius 3 is 1.93 bits per heavy atom. The van der Waals surface area contributed by atoms with Crippen LogP contribution in [0.4, 0.5) is 17.1 Å². The number of Topliss-reactive ketones (excluding diaryl/α,β-unsaturated/α-hetero) is 2. The largest absolute Gasteiger partial charge is 0.359 e. The van der Waals surface area contributed by atoms with E-state index in [-0.39, 0.29) is 22.4 Å². The number of halogens is 2. The van der Waals surface area contributed by atoms with Crippen LogP contribution in [0.3, 0.4) is 0 Å². The summed E-state index contributed by atoms with van der Waals surface area (Å²) in [5.74, 6) is -0.264. The van der Waals surface area contributed by atoms with E-state index in [0.29, 0.717) is 41.3 Å². The van der Waals surface area contributed by atoms with E-state index in [1.807, 2.05) is 60.7 Å². The number of hydrogen-bond acceptors (Lipinski definition) is 4. The van der Waals surface area contributed by atoms with Crippen molar-refractivity contribution in [1.82, 2.24) is 0 Å². The molecule has 1 N–H and O–H groups in total. The van der Waals surface area contributed by atoms with Crippen molar-refractivity contribution in [3.05, 3.63) is 111 Å². The van der Waals surface area contributed by atoms with Gasteiger partial charge in [0.05, 0.1) is 0 Å². The van der Waals surface area contributed by atoms with Crippen LogP contribution in [0.5, 0.6) is 0 Å². The van der Waals surface area contributed by atoms with Crippen LogP contribution in [0, 0.1) is 10.8 Å². The van der Waals surface area contributed by atoms with E-state index in [4.69, 9.17) is 23.2 Å². The van der Waals surface area contributed by atoms with Crippen LogP contribution in [0.2, 0.25) is 10.0 Å². The number of nitrogens with zero attached hydrogens (tertiary/aromatic N) is 1. The van der Waals surface area contributed by atoms with Gasteiger partial charge in [0.2, 0.25) is 0 Å². The fourth-order valence-corrected chi connectivity index (χ4v) is 6.99. The van der Waals surface area contributed by atoms with Gasteiger partial charge in [-0.25, -0.2) is 0 Å². The van der Waals surface area contributed by atoms with E-state index < -0.39 is 5.92 Å². The van der Waals surface area contributed by atoms with Crippen LogP contribution in [0.25, 0.3) is 0 Å². The zero-order chi connectivity index (χ0) is 29.1. The Labute approximate surface area is 252 Å². The Bertz CT molecular complexity index is 1610. The summed E-state index contributed by atoms with van der Waals surface area (Å²) < 4.78 is 0. The summed E-state index contributed by atoms with van der Waals surface area (Å²) in [6, 6.07) is 23.5.